The van der Waals surface area contributed by atoms with E-state index in [1.54, 1.807) is 0 Å². The molecule has 3 aromatic rings. The predicted octanol–water partition coefficient (Wildman–Crippen LogP) is 5.07. The first-order chi connectivity index (χ1) is 14.5. The first-order valence-corrected chi connectivity index (χ1v) is 10.6. The molecule has 0 saturated heterocycles. The second-order valence-corrected chi connectivity index (χ2v) is 7.69. The average molecular weight is 418 g/mol. The van der Waals surface area contributed by atoms with Gasteiger partial charge in [-0.25, -0.2) is 4.98 Å². The van der Waals surface area contributed by atoms with Crippen molar-refractivity contribution in [2.24, 2.45) is 0 Å². The van der Waals surface area contributed by atoms with E-state index < -0.39 is 0 Å². The Morgan fingerprint density at radius 1 is 1.13 bits per heavy atom. The maximum atomic E-state index is 9.49. The van der Waals surface area contributed by atoms with Crippen molar-refractivity contribution in [2.45, 2.75) is 33.6 Å². The number of aryl methyl sites for hydroxylation is 2. The number of benzene rings is 2. The van der Waals surface area contributed by atoms with Crippen LogP contribution in [0.1, 0.15) is 35.6 Å². The van der Waals surface area contributed by atoms with E-state index >= 15 is 0 Å². The summed E-state index contributed by atoms with van der Waals surface area (Å²) in [6.45, 7) is 7.70. The molecule has 0 saturated carbocycles. The van der Waals surface area contributed by atoms with Gasteiger partial charge in [-0.15, -0.1) is 0 Å². The number of aromatic nitrogens is 1. The zero-order chi connectivity index (χ0) is 21.5. The Morgan fingerprint density at radius 2 is 1.97 bits per heavy atom. The van der Waals surface area contributed by atoms with Crippen molar-refractivity contribution >= 4 is 39.7 Å². The number of hydrogen-bond donors (Lipinski definition) is 3. The number of thiocarbonyl (C=S) groups is 1. The number of nitrogens with zero attached hydrogens (tertiary/aromatic N) is 2. The molecule has 1 heterocycles. The molecule has 0 amide bonds. The van der Waals surface area contributed by atoms with Crippen LogP contribution in [0.3, 0.4) is 0 Å². The van der Waals surface area contributed by atoms with Crippen LogP contribution in [0.15, 0.2) is 42.5 Å². The first kappa shape index (κ1) is 21.5. The molecule has 154 valence electrons. The van der Waals surface area contributed by atoms with Gasteiger partial charge in [-0.05, 0) is 79.9 Å². The third-order valence-electron chi connectivity index (χ3n) is 5.19. The maximum Gasteiger partial charge on any atom is 0.170 e. The van der Waals surface area contributed by atoms with Crippen LogP contribution < -0.4 is 16.0 Å². The fraction of sp³-hybridized carbons (Fsp3) is 0.292. The Labute approximate surface area is 183 Å². The van der Waals surface area contributed by atoms with Gasteiger partial charge >= 0.3 is 0 Å². The minimum atomic E-state index is 0.566. The smallest absolute Gasteiger partial charge is 0.170 e. The molecule has 0 fully saturated rings. The number of anilines is 2. The van der Waals surface area contributed by atoms with Crippen LogP contribution in [0.4, 0.5) is 11.5 Å². The van der Waals surface area contributed by atoms with Crippen LogP contribution in [-0.4, -0.2) is 23.2 Å². The van der Waals surface area contributed by atoms with E-state index in [9.17, 15) is 5.26 Å². The van der Waals surface area contributed by atoms with Crippen LogP contribution in [-0.2, 0) is 6.42 Å². The summed E-state index contributed by atoms with van der Waals surface area (Å²) in [5.41, 5.74) is 6.15. The number of hydrogen-bond acceptors (Lipinski definition) is 4. The van der Waals surface area contributed by atoms with Gasteiger partial charge in [0.05, 0.1) is 11.1 Å². The Kier molecular flexibility index (Phi) is 7.21. The van der Waals surface area contributed by atoms with Crippen molar-refractivity contribution in [3.8, 4) is 6.07 Å². The van der Waals surface area contributed by atoms with Gasteiger partial charge in [-0.2, -0.15) is 5.26 Å². The van der Waals surface area contributed by atoms with Gasteiger partial charge in [-0.3, -0.25) is 0 Å². The summed E-state index contributed by atoms with van der Waals surface area (Å²) in [6.07, 6.45) is 1.80. The first-order valence-electron chi connectivity index (χ1n) is 10.2. The molecule has 0 spiro atoms. The van der Waals surface area contributed by atoms with Gasteiger partial charge in [0.15, 0.2) is 5.11 Å². The van der Waals surface area contributed by atoms with Gasteiger partial charge in [0.2, 0.25) is 0 Å². The van der Waals surface area contributed by atoms with E-state index in [0.717, 1.165) is 36.0 Å². The minimum Gasteiger partial charge on any atom is -0.369 e. The zero-order valence-electron chi connectivity index (χ0n) is 17.7. The normalized spacial score (nSPS) is 10.5. The third-order valence-corrected chi connectivity index (χ3v) is 5.44. The fourth-order valence-corrected chi connectivity index (χ4v) is 3.43. The van der Waals surface area contributed by atoms with E-state index in [1.165, 1.54) is 16.7 Å². The molecule has 0 bridgehead atoms. The topological polar surface area (TPSA) is 72.8 Å². The molecule has 0 atom stereocenters. The van der Waals surface area contributed by atoms with Crippen molar-refractivity contribution in [3.63, 3.8) is 0 Å². The molecule has 5 nitrogen and oxygen atoms in total. The van der Waals surface area contributed by atoms with Crippen molar-refractivity contribution in [2.75, 3.05) is 23.7 Å². The van der Waals surface area contributed by atoms with Crippen molar-refractivity contribution in [3.05, 3.63) is 64.7 Å². The summed E-state index contributed by atoms with van der Waals surface area (Å²) >= 11 is 5.40. The monoisotopic (exact) mass is 417 g/mol. The zero-order valence-corrected chi connectivity index (χ0v) is 18.5. The summed E-state index contributed by atoms with van der Waals surface area (Å²) in [5, 5.41) is 20.9. The highest BCUT2D eigenvalue weighted by atomic mass is 32.1. The lowest BCUT2D eigenvalue weighted by Gasteiger charge is -2.14. The number of rotatable bonds is 7. The average Bonchev–Trinajstić information content (AvgIpc) is 2.75. The van der Waals surface area contributed by atoms with Gasteiger partial charge in [-0.1, -0.05) is 25.1 Å². The summed E-state index contributed by atoms with van der Waals surface area (Å²) in [5.74, 6) is 0.630. The molecule has 0 aliphatic carbocycles. The highest BCUT2D eigenvalue weighted by Gasteiger charge is 2.07. The molecule has 6 heteroatoms. The van der Waals surface area contributed by atoms with E-state index in [1.807, 2.05) is 24.3 Å². The highest BCUT2D eigenvalue weighted by Crippen LogP contribution is 2.21. The van der Waals surface area contributed by atoms with E-state index in [-0.39, 0.29) is 0 Å². The number of pyridine rings is 1. The molecule has 1 aromatic heterocycles. The molecule has 0 aliphatic heterocycles. The minimum absolute atomic E-state index is 0.566. The lowest BCUT2D eigenvalue weighted by atomic mass is 10.1. The fourth-order valence-electron chi connectivity index (χ4n) is 3.22. The van der Waals surface area contributed by atoms with E-state index in [4.69, 9.17) is 12.2 Å². The molecule has 0 aliphatic rings. The third kappa shape index (κ3) is 5.25. The number of nitriles is 1. The van der Waals surface area contributed by atoms with Gasteiger partial charge < -0.3 is 16.0 Å². The number of fused-ring (bicyclic) bond motifs is 1. The second kappa shape index (κ2) is 10.0. The highest BCUT2D eigenvalue weighted by molar-refractivity contribution is 7.80. The molecule has 30 heavy (non-hydrogen) atoms. The van der Waals surface area contributed by atoms with Gasteiger partial charge in [0.1, 0.15) is 11.9 Å². The second-order valence-electron chi connectivity index (χ2n) is 7.29. The standard InChI is InChI=1S/C24H27N5S/c1-4-18-9-10-22-19(13-18)14-20(15-25)23(28-22)26-11-6-12-27-24(30)29-21-8-5-7-16(2)17(21)3/h5,7-10,13-14H,4,6,11-12H2,1-3H3,(H,26,28)(H2,27,29,30). The molecule has 0 radical (unpaired) electrons. The lowest BCUT2D eigenvalue weighted by molar-refractivity contribution is 0.807. The Hall–Kier alpha value is -3.17. The molecule has 3 rings (SSSR count). The molecular weight excluding hydrogens is 390 g/mol. The predicted molar refractivity (Wildman–Crippen MR) is 129 cm³/mol. The van der Waals surface area contributed by atoms with Crippen molar-refractivity contribution < 1.29 is 0 Å². The van der Waals surface area contributed by atoms with Crippen LogP contribution >= 0.6 is 12.2 Å². The van der Waals surface area contributed by atoms with Gasteiger partial charge in [0, 0.05) is 24.2 Å². The molecule has 2 aromatic carbocycles. The summed E-state index contributed by atoms with van der Waals surface area (Å²) in [7, 11) is 0. The van der Waals surface area contributed by atoms with Crippen LogP contribution in [0.25, 0.3) is 10.9 Å². The SMILES string of the molecule is CCc1ccc2nc(NCCCNC(=S)Nc3cccc(C)c3C)c(C#N)cc2c1. The largest absolute Gasteiger partial charge is 0.369 e. The Morgan fingerprint density at radius 3 is 2.73 bits per heavy atom. The van der Waals surface area contributed by atoms with Crippen LogP contribution in [0.2, 0.25) is 0 Å². The Bertz CT molecular complexity index is 1100. The molecule has 3 N–H and O–H groups in total. The summed E-state index contributed by atoms with van der Waals surface area (Å²) in [4.78, 5) is 4.64. The maximum absolute atomic E-state index is 9.49. The lowest BCUT2D eigenvalue weighted by Crippen LogP contribution is -2.30. The van der Waals surface area contributed by atoms with Crippen LogP contribution in [0, 0.1) is 25.2 Å². The van der Waals surface area contributed by atoms with E-state index in [0.29, 0.717) is 23.0 Å². The quantitative estimate of drug-likeness (QED) is 0.368. The molecule has 0 unspecified atom stereocenters. The van der Waals surface area contributed by atoms with Gasteiger partial charge in [0.25, 0.3) is 0 Å². The van der Waals surface area contributed by atoms with Crippen molar-refractivity contribution in [1.82, 2.24) is 10.3 Å². The number of nitrogens with one attached hydrogen (secondary N) is 3. The van der Waals surface area contributed by atoms with Crippen molar-refractivity contribution in [1.29, 1.82) is 5.26 Å². The van der Waals surface area contributed by atoms with E-state index in [2.05, 4.69) is 66.0 Å². The molecular formula is C24H27N5S. The summed E-state index contributed by atoms with van der Waals surface area (Å²) in [6, 6.07) is 16.5. The Balaban J connectivity index is 1.51. The van der Waals surface area contributed by atoms with Crippen LogP contribution in [0.5, 0.6) is 0 Å². The summed E-state index contributed by atoms with van der Waals surface area (Å²) < 4.78 is 0.